The minimum absolute atomic E-state index is 0.0930. The van der Waals surface area contributed by atoms with Gasteiger partial charge in [-0.15, -0.1) is 0 Å². The van der Waals surface area contributed by atoms with Crippen LogP contribution in [0.2, 0.25) is 0 Å². The molecule has 2 aliphatic carbocycles. The number of nitro groups is 1. The molecule has 8 aromatic rings. The molecule has 0 aliphatic heterocycles. The van der Waals surface area contributed by atoms with Crippen molar-refractivity contribution in [1.82, 2.24) is 41.2 Å². The number of alkyl halides is 3. The largest absolute Gasteiger partial charge is 0.445 e. The van der Waals surface area contributed by atoms with Crippen molar-refractivity contribution in [3.63, 3.8) is 0 Å². The number of hydrogen-bond donors (Lipinski definition) is 6. The lowest BCUT2D eigenvalue weighted by molar-refractivity contribution is -0.384. The molecule has 10 rings (SSSR count). The molecule has 85 heavy (non-hydrogen) atoms. The summed E-state index contributed by atoms with van der Waals surface area (Å²) in [6.45, 7) is 3.51. The molecule has 4 aromatic heterocycles. The molecule has 0 saturated heterocycles. The molecule has 0 unspecified atom stereocenters. The zero-order valence-electron chi connectivity index (χ0n) is 47.6. The Labute approximate surface area is 490 Å². The Hall–Kier alpha value is -9.07. The van der Waals surface area contributed by atoms with Crippen LogP contribution in [0.5, 0.6) is 0 Å². The van der Waals surface area contributed by atoms with E-state index in [1.165, 1.54) is 30.3 Å². The number of non-ortho nitro benzene ring substituents is 1. The van der Waals surface area contributed by atoms with Gasteiger partial charge in [0.2, 0.25) is 11.8 Å². The maximum Gasteiger partial charge on any atom is 0.416 e. The molecule has 20 heteroatoms. The number of pyridine rings is 2. The van der Waals surface area contributed by atoms with Gasteiger partial charge in [0, 0.05) is 107 Å². The molecule has 6 N–H and O–H groups in total. The van der Waals surface area contributed by atoms with Crippen LogP contribution in [0, 0.1) is 10.1 Å². The molecule has 2 saturated carbocycles. The standard InChI is InChI=1S/C33H35F3N4O3.C32H35N5O5/c1-31(19-24-20-38-27-13-4-3-12-26(24)27,40-30(42)43-21-23-10-9-11-25(18-23)33(34,35)36)29(41)39-22-32(15-6-2-7-16-32)28-14-5-8-17-37-28;1-31(19-24-20-34-27-13-4-3-12-26(24)27,36-30(39)42-21-23-10-9-11-25(18-23)37(40)41)29(38)35-22-32(15-6-2-7-16-32)28-14-5-8-17-33-28/h3-5,8-14,17-18,20,38H,2,6-7,15-16,19,21-22H2,1H3,(H,39,41)(H,40,42);3-5,8-14,17-18,20,34H,2,6-7,15-16,19,21-22H2,1H3,(H,35,38)(H,36,39)/t2*31-/m00/s1. The molecule has 4 amide bonds. The number of halogens is 3. The van der Waals surface area contributed by atoms with Gasteiger partial charge >= 0.3 is 18.4 Å². The molecule has 4 heterocycles. The average Bonchev–Trinajstić information content (AvgIpc) is 4.27. The van der Waals surface area contributed by atoms with E-state index in [4.69, 9.17) is 9.47 Å². The Balaban J connectivity index is 0.000000204. The summed E-state index contributed by atoms with van der Waals surface area (Å²) in [6, 6.07) is 37.6. The highest BCUT2D eigenvalue weighted by atomic mass is 19.4. The smallest absolute Gasteiger partial charge is 0.416 e. The molecule has 0 radical (unpaired) electrons. The zero-order valence-corrected chi connectivity index (χ0v) is 47.6. The lowest BCUT2D eigenvalue weighted by Gasteiger charge is -2.38. The highest BCUT2D eigenvalue weighted by molar-refractivity contribution is 5.93. The molecular weight excluding hydrogens is 1090 g/mol. The maximum absolute atomic E-state index is 14.0. The molecule has 17 nitrogen and oxygen atoms in total. The molecule has 0 bridgehead atoms. The van der Waals surface area contributed by atoms with Crippen LogP contribution in [0.25, 0.3) is 21.8 Å². The predicted octanol–water partition coefficient (Wildman–Crippen LogP) is 12.5. The normalized spacial score (nSPS) is 16.1. The van der Waals surface area contributed by atoms with Crippen molar-refractivity contribution >= 4 is 51.5 Å². The number of hydrogen-bond acceptors (Lipinski definition) is 10. The number of H-pyrrole nitrogens is 2. The number of amides is 4. The van der Waals surface area contributed by atoms with Crippen LogP contribution in [-0.2, 0) is 62.1 Å². The van der Waals surface area contributed by atoms with Crippen molar-refractivity contribution in [3.05, 3.63) is 208 Å². The number of carbonyl (C=O) groups is 4. The second-order valence-electron chi connectivity index (χ2n) is 22.7. The summed E-state index contributed by atoms with van der Waals surface area (Å²) in [7, 11) is 0. The van der Waals surface area contributed by atoms with Gasteiger partial charge in [0.1, 0.15) is 24.3 Å². The van der Waals surface area contributed by atoms with Crippen molar-refractivity contribution < 1.29 is 46.7 Å². The second kappa shape index (κ2) is 26.7. The van der Waals surface area contributed by atoms with E-state index in [0.29, 0.717) is 18.7 Å². The molecular formula is C65H70F3N9O8. The Bertz CT molecular complexity index is 3600. The van der Waals surface area contributed by atoms with Crippen LogP contribution in [0.3, 0.4) is 0 Å². The van der Waals surface area contributed by atoms with Gasteiger partial charge in [-0.05, 0) is 110 Å². The minimum Gasteiger partial charge on any atom is -0.445 e. The van der Waals surface area contributed by atoms with Gasteiger partial charge in [0.15, 0.2) is 0 Å². The highest BCUT2D eigenvalue weighted by Gasteiger charge is 2.43. The zero-order chi connectivity index (χ0) is 60.1. The fourth-order valence-corrected chi connectivity index (χ4v) is 11.8. The number of fused-ring (bicyclic) bond motifs is 2. The summed E-state index contributed by atoms with van der Waals surface area (Å²) in [6.07, 6.45) is 11.4. The van der Waals surface area contributed by atoms with Gasteiger partial charge in [-0.3, -0.25) is 29.7 Å². The Morgan fingerprint density at radius 1 is 0.576 bits per heavy atom. The summed E-state index contributed by atoms with van der Waals surface area (Å²) >= 11 is 0. The van der Waals surface area contributed by atoms with Gasteiger partial charge in [0.25, 0.3) is 5.69 Å². The van der Waals surface area contributed by atoms with E-state index in [-0.39, 0.29) is 54.0 Å². The number of para-hydroxylation sites is 2. The minimum atomic E-state index is -4.51. The number of alkyl carbamates (subject to hydrolysis) is 2. The number of carbonyl (C=O) groups excluding carboxylic acids is 4. The Morgan fingerprint density at radius 2 is 1.01 bits per heavy atom. The Kier molecular flexibility index (Phi) is 19.0. The summed E-state index contributed by atoms with van der Waals surface area (Å²) in [4.78, 5) is 80.4. The Morgan fingerprint density at radius 3 is 1.45 bits per heavy atom. The SMILES string of the molecule is C[C@@](Cc1c[nH]c2ccccc12)(NC(=O)OCc1cccc(C(F)(F)F)c1)C(=O)NCC1(c2ccccn2)CCCCC1.C[C@@](Cc1c[nH]c2ccccc12)(NC(=O)OCc1cccc([N+](=O)[O-])c1)C(=O)NCC1(c2ccccn2)CCCCC1. The monoisotopic (exact) mass is 1160 g/mol. The first-order chi connectivity index (χ1) is 40.9. The van der Waals surface area contributed by atoms with Gasteiger partial charge in [-0.25, -0.2) is 9.59 Å². The number of rotatable bonds is 19. The number of benzene rings is 4. The molecule has 2 fully saturated rings. The number of aromatic nitrogens is 4. The van der Waals surface area contributed by atoms with Gasteiger partial charge in [-0.1, -0.05) is 111 Å². The number of nitro benzene ring substituents is 1. The van der Waals surface area contributed by atoms with E-state index >= 15 is 0 Å². The summed E-state index contributed by atoms with van der Waals surface area (Å²) in [5, 5.41) is 24.8. The fraction of sp³-hybridized carbons (Fsp3) is 0.354. The first-order valence-corrected chi connectivity index (χ1v) is 28.7. The van der Waals surface area contributed by atoms with Crippen LogP contribution >= 0.6 is 0 Å². The number of ether oxygens (including phenoxy) is 2. The van der Waals surface area contributed by atoms with Crippen LogP contribution in [-0.4, -0.2) is 73.0 Å². The molecule has 2 aliphatic rings. The first kappa shape index (κ1) is 60.5. The third-order valence-electron chi connectivity index (χ3n) is 16.5. The number of nitrogens with zero attached hydrogens (tertiary/aromatic N) is 3. The van der Waals surface area contributed by atoms with Crippen LogP contribution in [0.1, 0.15) is 117 Å². The predicted molar refractivity (Wildman–Crippen MR) is 316 cm³/mol. The lowest BCUT2D eigenvalue weighted by Crippen LogP contribution is -2.59. The first-order valence-electron chi connectivity index (χ1n) is 28.7. The number of nitrogens with one attached hydrogen (secondary N) is 6. The van der Waals surface area contributed by atoms with E-state index in [9.17, 15) is 42.5 Å². The van der Waals surface area contributed by atoms with Gasteiger partial charge < -0.3 is 40.7 Å². The fourth-order valence-electron chi connectivity index (χ4n) is 11.8. The van der Waals surface area contributed by atoms with Crippen molar-refractivity contribution in [2.45, 2.75) is 132 Å². The van der Waals surface area contributed by atoms with E-state index in [0.717, 1.165) is 121 Å². The van der Waals surface area contributed by atoms with Crippen molar-refractivity contribution in [2.24, 2.45) is 0 Å². The van der Waals surface area contributed by atoms with Crippen LogP contribution in [0.15, 0.2) is 158 Å². The summed E-state index contributed by atoms with van der Waals surface area (Å²) in [5.41, 5.74) is 1.76. The van der Waals surface area contributed by atoms with E-state index < -0.39 is 45.8 Å². The van der Waals surface area contributed by atoms with E-state index in [2.05, 4.69) is 41.2 Å². The van der Waals surface area contributed by atoms with Crippen molar-refractivity contribution in [2.75, 3.05) is 13.1 Å². The third-order valence-corrected chi connectivity index (χ3v) is 16.5. The van der Waals surface area contributed by atoms with Crippen molar-refractivity contribution in [1.29, 1.82) is 0 Å². The van der Waals surface area contributed by atoms with E-state index in [1.54, 1.807) is 32.3 Å². The molecule has 444 valence electrons. The van der Waals surface area contributed by atoms with Crippen molar-refractivity contribution in [3.8, 4) is 0 Å². The van der Waals surface area contributed by atoms with Crippen LogP contribution in [0.4, 0.5) is 28.4 Å². The molecule has 2 atom stereocenters. The summed E-state index contributed by atoms with van der Waals surface area (Å²) in [5.74, 6) is -0.726. The van der Waals surface area contributed by atoms with Gasteiger partial charge in [0.05, 0.1) is 10.5 Å². The third kappa shape index (κ3) is 15.0. The molecule has 4 aromatic carbocycles. The molecule has 0 spiro atoms. The maximum atomic E-state index is 14.0. The number of aromatic amines is 2. The van der Waals surface area contributed by atoms with Crippen LogP contribution < -0.4 is 21.3 Å². The lowest BCUT2D eigenvalue weighted by atomic mass is 9.71. The van der Waals surface area contributed by atoms with Gasteiger partial charge in [-0.2, -0.15) is 13.2 Å². The topological polar surface area (TPSA) is 235 Å². The second-order valence-corrected chi connectivity index (χ2v) is 22.7. The average molecular weight is 1160 g/mol. The summed E-state index contributed by atoms with van der Waals surface area (Å²) < 4.78 is 50.2. The van der Waals surface area contributed by atoms with E-state index in [1.807, 2.05) is 97.3 Å². The highest BCUT2D eigenvalue weighted by Crippen LogP contribution is 2.40. The quantitative estimate of drug-likeness (QED) is 0.0331.